The molecule has 5 N–H and O–H groups in total. The fraction of sp³-hybridized carbons (Fsp3) is 0.389. The van der Waals surface area contributed by atoms with Crippen LogP contribution in [0.2, 0.25) is 0 Å². The first-order chi connectivity index (χ1) is 12.6. The molecule has 0 radical (unpaired) electrons. The Morgan fingerprint density at radius 1 is 1.30 bits per heavy atom. The van der Waals surface area contributed by atoms with Crippen molar-refractivity contribution in [3.63, 3.8) is 0 Å². The van der Waals surface area contributed by atoms with Gasteiger partial charge in [-0.25, -0.2) is 9.78 Å². The van der Waals surface area contributed by atoms with E-state index < -0.39 is 17.6 Å². The number of anilines is 1. The molecule has 146 valence electrons. The molecule has 27 heavy (non-hydrogen) atoms. The molecule has 0 saturated heterocycles. The van der Waals surface area contributed by atoms with Gasteiger partial charge in [-0.05, 0) is 32.9 Å². The summed E-state index contributed by atoms with van der Waals surface area (Å²) in [5, 5.41) is 2.63. The number of fused-ring (bicyclic) bond motifs is 1. The van der Waals surface area contributed by atoms with Crippen LogP contribution in [0, 0.1) is 0 Å². The maximum absolute atomic E-state index is 11.6. The molecule has 0 atom stereocenters. The number of ether oxygens (including phenoxy) is 2. The monoisotopic (exact) mass is 375 g/mol. The number of imidazole rings is 1. The third kappa shape index (κ3) is 5.13. The Labute approximate surface area is 157 Å². The minimum atomic E-state index is -0.573. The van der Waals surface area contributed by atoms with E-state index >= 15 is 0 Å². The number of allylic oxidation sites excluding steroid dienone is 1. The fourth-order valence-electron chi connectivity index (χ4n) is 2.45. The van der Waals surface area contributed by atoms with Crippen LogP contribution in [0.3, 0.4) is 0 Å². The van der Waals surface area contributed by atoms with E-state index in [-0.39, 0.29) is 5.95 Å². The molecule has 1 aromatic carbocycles. The van der Waals surface area contributed by atoms with E-state index in [0.717, 1.165) is 0 Å². The number of nitrogens with one attached hydrogen (secondary N) is 1. The zero-order valence-electron chi connectivity index (χ0n) is 15.9. The zero-order chi connectivity index (χ0) is 20.2. The second-order valence-electron chi connectivity index (χ2n) is 6.85. The molecule has 0 bridgehead atoms. The van der Waals surface area contributed by atoms with Gasteiger partial charge in [0.05, 0.1) is 12.6 Å². The van der Waals surface area contributed by atoms with Crippen LogP contribution >= 0.6 is 0 Å². The van der Waals surface area contributed by atoms with Gasteiger partial charge in [0.25, 0.3) is 0 Å². The van der Waals surface area contributed by atoms with Crippen molar-refractivity contribution in [2.45, 2.75) is 32.9 Å². The van der Waals surface area contributed by atoms with E-state index in [1.165, 1.54) is 7.11 Å². The summed E-state index contributed by atoms with van der Waals surface area (Å²) in [5.74, 6) is 0.150. The summed E-state index contributed by atoms with van der Waals surface area (Å²) in [5.41, 5.74) is 12.2. The van der Waals surface area contributed by atoms with Crippen LogP contribution in [-0.2, 0) is 11.3 Å². The first-order valence-electron chi connectivity index (χ1n) is 8.37. The lowest BCUT2D eigenvalue weighted by atomic mass is 10.1. The molecular formula is C18H25N5O4. The highest BCUT2D eigenvalue weighted by Gasteiger charge is 2.16. The topological polar surface area (TPSA) is 134 Å². The van der Waals surface area contributed by atoms with Gasteiger partial charge in [0, 0.05) is 18.7 Å². The van der Waals surface area contributed by atoms with Crippen molar-refractivity contribution in [3.05, 3.63) is 29.8 Å². The molecule has 0 spiro atoms. The summed E-state index contributed by atoms with van der Waals surface area (Å²) in [6.07, 6.45) is 3.12. The Morgan fingerprint density at radius 2 is 2.00 bits per heavy atom. The molecule has 2 rings (SSSR count). The van der Waals surface area contributed by atoms with Crippen LogP contribution in [0.25, 0.3) is 11.0 Å². The molecule has 0 aliphatic heterocycles. The van der Waals surface area contributed by atoms with Crippen molar-refractivity contribution in [2.75, 3.05) is 19.4 Å². The number of primary amides is 1. The Hall–Kier alpha value is -3.23. The van der Waals surface area contributed by atoms with Crippen LogP contribution in [-0.4, -0.2) is 40.8 Å². The summed E-state index contributed by atoms with van der Waals surface area (Å²) in [4.78, 5) is 27.3. The largest absolute Gasteiger partial charge is 0.494 e. The summed E-state index contributed by atoms with van der Waals surface area (Å²) >= 11 is 0. The molecule has 0 aliphatic rings. The number of hydrogen-bond donors (Lipinski definition) is 3. The highest BCUT2D eigenvalue weighted by Crippen LogP contribution is 2.29. The van der Waals surface area contributed by atoms with Gasteiger partial charge < -0.3 is 30.8 Å². The normalized spacial score (nSPS) is 11.7. The van der Waals surface area contributed by atoms with Gasteiger partial charge in [-0.1, -0.05) is 12.2 Å². The van der Waals surface area contributed by atoms with Crippen molar-refractivity contribution in [1.29, 1.82) is 0 Å². The minimum Gasteiger partial charge on any atom is -0.494 e. The zero-order valence-corrected chi connectivity index (χ0v) is 15.9. The Bertz CT molecular complexity index is 880. The summed E-state index contributed by atoms with van der Waals surface area (Å²) in [7, 11) is 1.49. The van der Waals surface area contributed by atoms with Crippen molar-refractivity contribution < 1.29 is 19.1 Å². The van der Waals surface area contributed by atoms with E-state index in [9.17, 15) is 9.59 Å². The number of nitrogens with zero attached hydrogens (tertiary/aromatic N) is 2. The highest BCUT2D eigenvalue weighted by molar-refractivity contribution is 5.98. The fourth-order valence-corrected chi connectivity index (χ4v) is 2.45. The van der Waals surface area contributed by atoms with Gasteiger partial charge in [0.2, 0.25) is 11.9 Å². The quantitative estimate of drug-likeness (QED) is 0.659. The number of carbonyl (C=O) groups is 2. The van der Waals surface area contributed by atoms with Crippen molar-refractivity contribution in [1.82, 2.24) is 14.9 Å². The highest BCUT2D eigenvalue weighted by atomic mass is 16.6. The molecule has 0 saturated carbocycles. The summed E-state index contributed by atoms with van der Waals surface area (Å²) < 4.78 is 12.2. The number of hydrogen-bond acceptors (Lipinski definition) is 6. The number of benzene rings is 1. The number of alkyl carbamates (subject to hydrolysis) is 1. The number of methoxy groups -OCH3 is 1. The lowest BCUT2D eigenvalue weighted by Gasteiger charge is -2.19. The lowest BCUT2D eigenvalue weighted by Crippen LogP contribution is -2.32. The Balaban J connectivity index is 2.11. The average molecular weight is 375 g/mol. The molecule has 0 fully saturated rings. The molecule has 1 aromatic heterocycles. The van der Waals surface area contributed by atoms with E-state index in [1.54, 1.807) is 43.5 Å². The summed E-state index contributed by atoms with van der Waals surface area (Å²) in [6, 6.07) is 3.12. The van der Waals surface area contributed by atoms with Gasteiger partial charge in [-0.15, -0.1) is 0 Å². The summed E-state index contributed by atoms with van der Waals surface area (Å²) in [6.45, 7) is 6.11. The standard InChI is InChI=1S/C18H25N5O4/c1-18(2,3)27-17(25)21-7-5-6-8-23-14-12(22-16(23)20)9-11(15(19)24)10-13(14)26-4/h5-6,9-10H,7-8H2,1-4H3,(H2,19,24)(H2,20,22)(H,21,25)/b6-5+. The lowest BCUT2D eigenvalue weighted by molar-refractivity contribution is 0.0534. The number of nitrogens with two attached hydrogens (primary N) is 2. The SMILES string of the molecule is COc1cc(C(N)=O)cc2nc(N)n(C/C=C/CNC(=O)OC(C)(C)C)c12. The number of carbonyl (C=O) groups excluding carboxylic acids is 2. The first kappa shape index (κ1) is 20.1. The smallest absolute Gasteiger partial charge is 0.407 e. The molecule has 2 amide bonds. The van der Waals surface area contributed by atoms with Crippen molar-refractivity contribution >= 4 is 29.0 Å². The van der Waals surface area contributed by atoms with Crippen LogP contribution in [0.5, 0.6) is 5.75 Å². The molecule has 9 heteroatoms. The van der Waals surface area contributed by atoms with Crippen LogP contribution in [0.4, 0.5) is 10.7 Å². The molecule has 9 nitrogen and oxygen atoms in total. The second-order valence-corrected chi connectivity index (χ2v) is 6.85. The predicted octanol–water partition coefficient (Wildman–Crippen LogP) is 1.81. The molecule has 2 aromatic rings. The molecule has 0 unspecified atom stereocenters. The van der Waals surface area contributed by atoms with E-state index in [0.29, 0.717) is 35.4 Å². The first-order valence-corrected chi connectivity index (χ1v) is 8.37. The molecule has 1 heterocycles. The minimum absolute atomic E-state index is 0.273. The predicted molar refractivity (Wildman–Crippen MR) is 103 cm³/mol. The van der Waals surface area contributed by atoms with Crippen LogP contribution < -0.4 is 21.5 Å². The van der Waals surface area contributed by atoms with Gasteiger partial charge in [-0.2, -0.15) is 0 Å². The maximum Gasteiger partial charge on any atom is 0.407 e. The van der Waals surface area contributed by atoms with Crippen LogP contribution in [0.1, 0.15) is 31.1 Å². The van der Waals surface area contributed by atoms with Gasteiger partial charge in [0.1, 0.15) is 16.9 Å². The average Bonchev–Trinajstić information content (AvgIpc) is 2.87. The van der Waals surface area contributed by atoms with Gasteiger partial charge in [-0.3, -0.25) is 4.79 Å². The van der Waals surface area contributed by atoms with E-state index in [4.69, 9.17) is 20.9 Å². The molecular weight excluding hydrogens is 350 g/mol. The van der Waals surface area contributed by atoms with Crippen molar-refractivity contribution in [2.24, 2.45) is 5.73 Å². The van der Waals surface area contributed by atoms with E-state index in [1.807, 2.05) is 6.08 Å². The van der Waals surface area contributed by atoms with Crippen molar-refractivity contribution in [3.8, 4) is 5.75 Å². The number of amides is 2. The number of aromatic nitrogens is 2. The van der Waals surface area contributed by atoms with Gasteiger partial charge in [0.15, 0.2) is 0 Å². The van der Waals surface area contributed by atoms with E-state index in [2.05, 4.69) is 10.3 Å². The Morgan fingerprint density at radius 3 is 2.59 bits per heavy atom. The van der Waals surface area contributed by atoms with Crippen LogP contribution in [0.15, 0.2) is 24.3 Å². The number of rotatable bonds is 6. The van der Waals surface area contributed by atoms with Gasteiger partial charge >= 0.3 is 6.09 Å². The third-order valence-corrected chi connectivity index (χ3v) is 3.56. The third-order valence-electron chi connectivity index (χ3n) is 3.56. The Kier molecular flexibility index (Phi) is 5.94. The second kappa shape index (κ2) is 7.98. The molecule has 0 aliphatic carbocycles. The number of nitrogen functional groups attached to an aromatic ring is 1. The maximum atomic E-state index is 11.6.